The average molecular weight is 241 g/mol. The van der Waals surface area contributed by atoms with Gasteiger partial charge in [0.25, 0.3) is 0 Å². The van der Waals surface area contributed by atoms with Crippen molar-refractivity contribution in [3.05, 3.63) is 65.7 Å². The van der Waals surface area contributed by atoms with Crippen LogP contribution in [-0.4, -0.2) is 5.25 Å². The molecule has 0 spiro atoms. The van der Waals surface area contributed by atoms with Gasteiger partial charge in [0.05, 0.1) is 0 Å². The van der Waals surface area contributed by atoms with Crippen molar-refractivity contribution in [2.45, 2.75) is 22.6 Å². The topological polar surface area (TPSA) is 26.0 Å². The summed E-state index contributed by atoms with van der Waals surface area (Å²) in [5.74, 6) is 0. The van der Waals surface area contributed by atoms with Crippen LogP contribution >= 0.6 is 11.8 Å². The normalized spacial score (nSPS) is 19.9. The largest absolute Gasteiger partial charge is 0.323 e. The number of rotatable bonds is 2. The number of nitrogens with two attached hydrogens (primary N) is 1. The van der Waals surface area contributed by atoms with Crippen molar-refractivity contribution in [1.29, 1.82) is 0 Å². The third-order valence-corrected chi connectivity index (χ3v) is 4.67. The molecule has 0 saturated heterocycles. The maximum absolute atomic E-state index is 6.36. The Morgan fingerprint density at radius 3 is 2.47 bits per heavy atom. The molecule has 3 rings (SSSR count). The van der Waals surface area contributed by atoms with E-state index in [1.807, 2.05) is 17.8 Å². The molecule has 0 saturated carbocycles. The number of hydrogen-bond acceptors (Lipinski definition) is 2. The summed E-state index contributed by atoms with van der Waals surface area (Å²) in [5.41, 5.74) is 9.03. The van der Waals surface area contributed by atoms with Crippen LogP contribution in [0, 0.1) is 0 Å². The van der Waals surface area contributed by atoms with E-state index >= 15 is 0 Å². The summed E-state index contributed by atoms with van der Waals surface area (Å²) < 4.78 is 0. The van der Waals surface area contributed by atoms with E-state index < -0.39 is 0 Å². The van der Waals surface area contributed by atoms with Crippen molar-refractivity contribution in [2.75, 3.05) is 0 Å². The van der Waals surface area contributed by atoms with Gasteiger partial charge < -0.3 is 5.73 Å². The summed E-state index contributed by atoms with van der Waals surface area (Å²) in [6, 6.07) is 19.1. The molecule has 17 heavy (non-hydrogen) atoms. The van der Waals surface area contributed by atoms with Gasteiger partial charge in [-0.15, -0.1) is 11.8 Å². The van der Waals surface area contributed by atoms with Gasteiger partial charge in [-0.2, -0.15) is 0 Å². The van der Waals surface area contributed by atoms with E-state index in [2.05, 4.69) is 48.5 Å². The molecule has 1 aliphatic heterocycles. The highest BCUT2D eigenvalue weighted by atomic mass is 32.2. The molecule has 1 nitrogen and oxygen atoms in total. The van der Waals surface area contributed by atoms with Crippen molar-refractivity contribution in [2.24, 2.45) is 5.73 Å². The van der Waals surface area contributed by atoms with Gasteiger partial charge in [0, 0.05) is 16.2 Å². The smallest absolute Gasteiger partial charge is 0.0422 e. The second kappa shape index (κ2) is 4.55. The Kier molecular flexibility index (Phi) is 2.91. The van der Waals surface area contributed by atoms with E-state index in [4.69, 9.17) is 5.73 Å². The van der Waals surface area contributed by atoms with Crippen molar-refractivity contribution < 1.29 is 0 Å². The molecular weight excluding hydrogens is 226 g/mol. The molecule has 2 aromatic rings. The first-order chi connectivity index (χ1) is 8.34. The molecule has 1 aliphatic rings. The fourth-order valence-corrected chi connectivity index (χ4v) is 3.65. The van der Waals surface area contributed by atoms with Crippen LogP contribution in [0.3, 0.4) is 0 Å². The summed E-state index contributed by atoms with van der Waals surface area (Å²) in [4.78, 5) is 1.39. The van der Waals surface area contributed by atoms with Gasteiger partial charge in [0.1, 0.15) is 0 Å². The molecule has 1 heterocycles. The summed E-state index contributed by atoms with van der Waals surface area (Å²) in [6.07, 6.45) is 1.08. The number of fused-ring (bicyclic) bond motifs is 1. The van der Waals surface area contributed by atoms with Crippen LogP contribution < -0.4 is 5.73 Å². The Labute approximate surface area is 106 Å². The average Bonchev–Trinajstić information content (AvgIpc) is 2.82. The second-order valence-corrected chi connectivity index (χ2v) is 5.69. The van der Waals surface area contributed by atoms with Crippen LogP contribution in [0.4, 0.5) is 0 Å². The van der Waals surface area contributed by atoms with Gasteiger partial charge >= 0.3 is 0 Å². The lowest BCUT2D eigenvalue weighted by Crippen LogP contribution is -2.23. The minimum absolute atomic E-state index is 0.119. The third-order valence-electron chi connectivity index (χ3n) is 3.26. The van der Waals surface area contributed by atoms with Gasteiger partial charge in [0.15, 0.2) is 0 Å². The van der Waals surface area contributed by atoms with Crippen molar-refractivity contribution in [1.82, 2.24) is 0 Å². The van der Waals surface area contributed by atoms with E-state index in [0.717, 1.165) is 6.42 Å². The molecule has 0 radical (unpaired) electrons. The second-order valence-electron chi connectivity index (χ2n) is 4.40. The summed E-state index contributed by atoms with van der Waals surface area (Å²) >= 11 is 1.91. The highest BCUT2D eigenvalue weighted by Gasteiger charge is 2.27. The molecule has 2 unspecified atom stereocenters. The first kappa shape index (κ1) is 10.9. The van der Waals surface area contributed by atoms with Crippen LogP contribution in [0.15, 0.2) is 59.5 Å². The Morgan fingerprint density at radius 1 is 1.00 bits per heavy atom. The Balaban J connectivity index is 1.81. The molecule has 0 aromatic heterocycles. The molecule has 2 N–H and O–H groups in total. The lowest BCUT2D eigenvalue weighted by atomic mass is 10.00. The SMILES string of the molecule is NC(c1ccccc1)C1Cc2ccccc2S1. The zero-order valence-electron chi connectivity index (χ0n) is 9.54. The van der Waals surface area contributed by atoms with Gasteiger partial charge in [-0.25, -0.2) is 0 Å². The predicted molar refractivity (Wildman–Crippen MR) is 73.2 cm³/mol. The Morgan fingerprint density at radius 2 is 1.71 bits per heavy atom. The predicted octanol–water partition coefficient (Wildman–Crippen LogP) is 3.40. The van der Waals surface area contributed by atoms with E-state index in [-0.39, 0.29) is 6.04 Å². The number of benzene rings is 2. The van der Waals surface area contributed by atoms with E-state index in [9.17, 15) is 0 Å². The number of hydrogen-bond donors (Lipinski definition) is 1. The van der Waals surface area contributed by atoms with Crippen LogP contribution in [0.5, 0.6) is 0 Å². The minimum Gasteiger partial charge on any atom is -0.323 e. The van der Waals surface area contributed by atoms with Crippen LogP contribution in [0.1, 0.15) is 17.2 Å². The molecule has 0 fully saturated rings. The fraction of sp³-hybridized carbons (Fsp3) is 0.200. The van der Waals surface area contributed by atoms with Gasteiger partial charge in [-0.1, -0.05) is 48.5 Å². The monoisotopic (exact) mass is 241 g/mol. The lowest BCUT2D eigenvalue weighted by molar-refractivity contribution is 0.678. The van der Waals surface area contributed by atoms with Crippen molar-refractivity contribution in [3.8, 4) is 0 Å². The molecule has 2 atom stereocenters. The third kappa shape index (κ3) is 2.11. The summed E-state index contributed by atoms with van der Waals surface area (Å²) in [5, 5.41) is 0.467. The highest BCUT2D eigenvalue weighted by Crippen LogP contribution is 2.41. The lowest BCUT2D eigenvalue weighted by Gasteiger charge is -2.18. The van der Waals surface area contributed by atoms with E-state index in [0.29, 0.717) is 5.25 Å². The van der Waals surface area contributed by atoms with Gasteiger partial charge in [-0.05, 0) is 23.6 Å². The van der Waals surface area contributed by atoms with E-state index in [1.54, 1.807) is 0 Å². The summed E-state index contributed by atoms with van der Waals surface area (Å²) in [6.45, 7) is 0. The Hall–Kier alpha value is -1.25. The van der Waals surface area contributed by atoms with Crippen molar-refractivity contribution in [3.63, 3.8) is 0 Å². The molecular formula is C15H15NS. The standard InChI is InChI=1S/C15H15NS/c16-15(11-6-2-1-3-7-11)14-10-12-8-4-5-9-13(12)17-14/h1-9,14-15H,10,16H2. The Bertz CT molecular complexity index is 484. The zero-order valence-corrected chi connectivity index (χ0v) is 10.4. The molecule has 0 bridgehead atoms. The number of thioether (sulfide) groups is 1. The molecule has 2 heteroatoms. The van der Waals surface area contributed by atoms with Crippen LogP contribution in [-0.2, 0) is 6.42 Å². The highest BCUT2D eigenvalue weighted by molar-refractivity contribution is 8.00. The maximum Gasteiger partial charge on any atom is 0.0422 e. The molecule has 2 aromatic carbocycles. The first-order valence-electron chi connectivity index (χ1n) is 5.90. The van der Waals surface area contributed by atoms with Gasteiger partial charge in [-0.3, -0.25) is 0 Å². The molecule has 0 amide bonds. The van der Waals surface area contributed by atoms with Crippen LogP contribution in [0.2, 0.25) is 0 Å². The maximum atomic E-state index is 6.36. The molecule has 0 aliphatic carbocycles. The van der Waals surface area contributed by atoms with Gasteiger partial charge in [0.2, 0.25) is 0 Å². The minimum atomic E-state index is 0.119. The van der Waals surface area contributed by atoms with E-state index in [1.165, 1.54) is 16.0 Å². The molecule has 86 valence electrons. The van der Waals surface area contributed by atoms with Crippen molar-refractivity contribution >= 4 is 11.8 Å². The van der Waals surface area contributed by atoms with Crippen LogP contribution in [0.25, 0.3) is 0 Å². The fourth-order valence-electron chi connectivity index (χ4n) is 2.30. The quantitative estimate of drug-likeness (QED) is 0.872. The summed E-state index contributed by atoms with van der Waals surface area (Å²) in [7, 11) is 0. The first-order valence-corrected chi connectivity index (χ1v) is 6.77. The zero-order chi connectivity index (χ0) is 11.7.